The molecule has 0 heterocycles. The SMILES string of the molecule is CCOC(=O)CC(CC(=O)COC)C(=O)OCC. The Balaban J connectivity index is 4.46. The first-order valence-electron chi connectivity index (χ1n) is 5.87. The molecule has 1 atom stereocenters. The summed E-state index contributed by atoms with van der Waals surface area (Å²) in [5.74, 6) is -2.12. The fraction of sp³-hybridized carbons (Fsp3) is 0.750. The number of ether oxygens (including phenoxy) is 3. The van der Waals surface area contributed by atoms with E-state index >= 15 is 0 Å². The third-order valence-corrected chi connectivity index (χ3v) is 2.12. The fourth-order valence-electron chi connectivity index (χ4n) is 1.41. The summed E-state index contributed by atoms with van der Waals surface area (Å²) in [6, 6.07) is 0. The van der Waals surface area contributed by atoms with E-state index in [2.05, 4.69) is 4.74 Å². The van der Waals surface area contributed by atoms with Crippen LogP contribution in [0.25, 0.3) is 0 Å². The number of esters is 2. The maximum absolute atomic E-state index is 11.6. The average Bonchev–Trinajstić information content (AvgIpc) is 2.29. The van der Waals surface area contributed by atoms with Gasteiger partial charge in [-0.25, -0.2) is 0 Å². The normalized spacial score (nSPS) is 11.7. The molecule has 0 aromatic carbocycles. The van der Waals surface area contributed by atoms with Gasteiger partial charge in [0.05, 0.1) is 25.6 Å². The summed E-state index contributed by atoms with van der Waals surface area (Å²) in [6.45, 7) is 3.69. The molecule has 1 unspecified atom stereocenters. The number of hydrogen-bond donors (Lipinski definition) is 0. The summed E-state index contributed by atoms with van der Waals surface area (Å²) in [6.07, 6.45) is -0.229. The molecule has 0 fully saturated rings. The predicted octanol–water partition coefficient (Wildman–Crippen LogP) is 0.724. The molecule has 0 saturated carbocycles. The van der Waals surface area contributed by atoms with Gasteiger partial charge in [-0.15, -0.1) is 0 Å². The Bertz CT molecular complexity index is 266. The van der Waals surface area contributed by atoms with Crippen LogP contribution in [-0.4, -0.2) is 44.7 Å². The molecule has 104 valence electrons. The first-order chi connectivity index (χ1) is 8.54. The first-order valence-corrected chi connectivity index (χ1v) is 5.87. The predicted molar refractivity (Wildman–Crippen MR) is 62.9 cm³/mol. The maximum atomic E-state index is 11.6. The van der Waals surface area contributed by atoms with E-state index in [0.29, 0.717) is 0 Å². The molecule has 6 heteroatoms. The van der Waals surface area contributed by atoms with Crippen LogP contribution in [0.1, 0.15) is 26.7 Å². The molecule has 0 N–H and O–H groups in total. The summed E-state index contributed by atoms with van der Waals surface area (Å²) < 4.78 is 14.3. The standard InChI is InChI=1S/C12H20O6/c1-4-17-11(14)7-9(12(15)18-5-2)6-10(13)8-16-3/h9H,4-8H2,1-3H3. The Hall–Kier alpha value is -1.43. The Morgan fingerprint density at radius 1 is 1.00 bits per heavy atom. The van der Waals surface area contributed by atoms with E-state index in [9.17, 15) is 14.4 Å². The fourth-order valence-corrected chi connectivity index (χ4v) is 1.41. The Kier molecular flexibility index (Phi) is 8.82. The highest BCUT2D eigenvalue weighted by atomic mass is 16.5. The summed E-state index contributed by atoms with van der Waals surface area (Å²) in [5.41, 5.74) is 0. The van der Waals surface area contributed by atoms with Gasteiger partial charge in [0.2, 0.25) is 0 Å². The molecular weight excluding hydrogens is 240 g/mol. The van der Waals surface area contributed by atoms with Crippen molar-refractivity contribution in [2.45, 2.75) is 26.7 Å². The van der Waals surface area contributed by atoms with Crippen molar-refractivity contribution in [3.05, 3.63) is 0 Å². The van der Waals surface area contributed by atoms with Crippen LogP contribution in [0.4, 0.5) is 0 Å². The number of Topliss-reactive ketones (excluding diaryl/α,β-unsaturated/α-hetero) is 1. The molecule has 0 aromatic rings. The topological polar surface area (TPSA) is 78.9 Å². The minimum Gasteiger partial charge on any atom is -0.466 e. The maximum Gasteiger partial charge on any atom is 0.309 e. The minimum absolute atomic E-state index is 0.0779. The van der Waals surface area contributed by atoms with E-state index in [4.69, 9.17) is 9.47 Å². The highest BCUT2D eigenvalue weighted by Gasteiger charge is 2.26. The van der Waals surface area contributed by atoms with Crippen LogP contribution in [0.3, 0.4) is 0 Å². The summed E-state index contributed by atoms with van der Waals surface area (Å²) >= 11 is 0. The van der Waals surface area contributed by atoms with Gasteiger partial charge < -0.3 is 14.2 Å². The molecule has 0 aliphatic carbocycles. The summed E-state index contributed by atoms with van der Waals surface area (Å²) in [5, 5.41) is 0. The number of rotatable bonds is 9. The van der Waals surface area contributed by atoms with Crippen molar-refractivity contribution < 1.29 is 28.6 Å². The van der Waals surface area contributed by atoms with Crippen molar-refractivity contribution in [3.8, 4) is 0 Å². The molecule has 0 aromatic heterocycles. The molecule has 0 radical (unpaired) electrons. The van der Waals surface area contributed by atoms with Crippen LogP contribution in [-0.2, 0) is 28.6 Å². The summed E-state index contributed by atoms with van der Waals surface area (Å²) in [7, 11) is 1.39. The van der Waals surface area contributed by atoms with E-state index in [1.165, 1.54) is 7.11 Å². The third kappa shape index (κ3) is 7.01. The monoisotopic (exact) mass is 260 g/mol. The zero-order chi connectivity index (χ0) is 14.0. The molecule has 0 aliphatic rings. The van der Waals surface area contributed by atoms with Gasteiger partial charge in [-0.2, -0.15) is 0 Å². The lowest BCUT2D eigenvalue weighted by Crippen LogP contribution is -2.26. The lowest BCUT2D eigenvalue weighted by Gasteiger charge is -2.13. The molecule has 0 rings (SSSR count). The van der Waals surface area contributed by atoms with Gasteiger partial charge in [0.1, 0.15) is 6.61 Å². The molecular formula is C12H20O6. The number of hydrogen-bond acceptors (Lipinski definition) is 6. The van der Waals surface area contributed by atoms with Crippen LogP contribution in [0.2, 0.25) is 0 Å². The molecule has 6 nitrogen and oxygen atoms in total. The van der Waals surface area contributed by atoms with Gasteiger partial charge in [-0.1, -0.05) is 0 Å². The highest BCUT2D eigenvalue weighted by molar-refractivity contribution is 5.87. The number of ketones is 1. The summed E-state index contributed by atoms with van der Waals surface area (Å²) in [4.78, 5) is 34.3. The van der Waals surface area contributed by atoms with Crippen molar-refractivity contribution in [3.63, 3.8) is 0 Å². The Morgan fingerprint density at radius 3 is 2.11 bits per heavy atom. The first kappa shape index (κ1) is 16.6. The van der Waals surface area contributed by atoms with Crippen molar-refractivity contribution in [2.75, 3.05) is 26.9 Å². The van der Waals surface area contributed by atoms with Crippen molar-refractivity contribution in [2.24, 2.45) is 5.92 Å². The van der Waals surface area contributed by atoms with Gasteiger partial charge in [0.25, 0.3) is 0 Å². The number of carbonyl (C=O) groups excluding carboxylic acids is 3. The zero-order valence-electron chi connectivity index (χ0n) is 11.1. The molecule has 0 amide bonds. The number of methoxy groups -OCH3 is 1. The Morgan fingerprint density at radius 2 is 1.61 bits per heavy atom. The van der Waals surface area contributed by atoms with Crippen molar-refractivity contribution in [1.29, 1.82) is 0 Å². The van der Waals surface area contributed by atoms with Crippen molar-refractivity contribution in [1.82, 2.24) is 0 Å². The largest absolute Gasteiger partial charge is 0.466 e. The number of carbonyl (C=O) groups is 3. The smallest absolute Gasteiger partial charge is 0.309 e. The van der Waals surface area contributed by atoms with E-state index < -0.39 is 17.9 Å². The van der Waals surface area contributed by atoms with Crippen LogP contribution in [0, 0.1) is 5.92 Å². The molecule has 0 bridgehead atoms. The molecule has 0 saturated heterocycles. The minimum atomic E-state index is -0.799. The lowest BCUT2D eigenvalue weighted by atomic mass is 9.99. The van der Waals surface area contributed by atoms with Crippen LogP contribution >= 0.6 is 0 Å². The highest BCUT2D eigenvalue weighted by Crippen LogP contribution is 2.13. The van der Waals surface area contributed by atoms with E-state index in [1.807, 2.05) is 0 Å². The second kappa shape index (κ2) is 9.58. The molecule has 0 aliphatic heterocycles. The Labute approximate surface area is 107 Å². The third-order valence-electron chi connectivity index (χ3n) is 2.12. The van der Waals surface area contributed by atoms with Crippen LogP contribution in [0.15, 0.2) is 0 Å². The van der Waals surface area contributed by atoms with Crippen molar-refractivity contribution >= 4 is 17.7 Å². The van der Waals surface area contributed by atoms with Gasteiger partial charge in [0, 0.05) is 13.5 Å². The van der Waals surface area contributed by atoms with E-state index in [1.54, 1.807) is 13.8 Å². The van der Waals surface area contributed by atoms with E-state index in [-0.39, 0.29) is 38.4 Å². The molecule has 0 spiro atoms. The van der Waals surface area contributed by atoms with Gasteiger partial charge >= 0.3 is 11.9 Å². The molecule has 18 heavy (non-hydrogen) atoms. The quantitative estimate of drug-likeness (QED) is 0.568. The second-order valence-corrected chi connectivity index (χ2v) is 3.63. The van der Waals surface area contributed by atoms with Gasteiger partial charge in [-0.05, 0) is 13.8 Å². The van der Waals surface area contributed by atoms with E-state index in [0.717, 1.165) is 0 Å². The lowest BCUT2D eigenvalue weighted by molar-refractivity contribution is -0.156. The second-order valence-electron chi connectivity index (χ2n) is 3.63. The average molecular weight is 260 g/mol. The van der Waals surface area contributed by atoms with Crippen LogP contribution < -0.4 is 0 Å². The van der Waals surface area contributed by atoms with Gasteiger partial charge in [0.15, 0.2) is 5.78 Å². The van der Waals surface area contributed by atoms with Gasteiger partial charge in [-0.3, -0.25) is 14.4 Å². The van der Waals surface area contributed by atoms with Crippen LogP contribution in [0.5, 0.6) is 0 Å². The zero-order valence-corrected chi connectivity index (χ0v) is 11.1.